The second-order valence-electron chi connectivity index (χ2n) is 4.01. The first-order valence-corrected chi connectivity index (χ1v) is 6.07. The normalized spacial score (nSPS) is 10.4. The average Bonchev–Trinajstić information content (AvgIpc) is 2.40. The fraction of sp³-hybridized carbons (Fsp3) is 0.200. The molecule has 0 bridgehead atoms. The summed E-state index contributed by atoms with van der Waals surface area (Å²) in [5.41, 5.74) is 3.04. The predicted octanol–water partition coefficient (Wildman–Crippen LogP) is 4.30. The highest BCUT2D eigenvalue weighted by atomic mass is 35.5. The molecule has 0 fully saturated rings. The molecule has 0 heterocycles. The molecule has 0 spiro atoms. The van der Waals surface area contributed by atoms with Crippen LogP contribution in [0.25, 0.3) is 11.1 Å². The maximum atomic E-state index is 6.18. The summed E-state index contributed by atoms with van der Waals surface area (Å²) in [7, 11) is 1.60. The number of ether oxygens (including phenoxy) is 2. The van der Waals surface area contributed by atoms with Gasteiger partial charge in [0.2, 0.25) is 0 Å². The Kier molecular flexibility index (Phi) is 4.24. The molecule has 0 amide bonds. The van der Waals surface area contributed by atoms with Crippen molar-refractivity contribution in [2.45, 2.75) is 6.92 Å². The van der Waals surface area contributed by atoms with E-state index in [4.69, 9.17) is 21.1 Å². The Morgan fingerprint density at radius 1 is 1.11 bits per heavy atom. The number of hydrogen-bond donors (Lipinski definition) is 0. The van der Waals surface area contributed by atoms with Crippen molar-refractivity contribution >= 4 is 11.6 Å². The summed E-state index contributed by atoms with van der Waals surface area (Å²) < 4.78 is 10.5. The lowest BCUT2D eigenvalue weighted by molar-refractivity contribution is 0.0515. The lowest BCUT2D eigenvalue weighted by Crippen LogP contribution is -2.00. The van der Waals surface area contributed by atoms with Crippen molar-refractivity contribution in [1.29, 1.82) is 0 Å². The molecule has 0 aliphatic carbocycles. The van der Waals surface area contributed by atoms with Crippen LogP contribution in [0.3, 0.4) is 0 Å². The highest BCUT2D eigenvalue weighted by Crippen LogP contribution is 2.34. The van der Waals surface area contributed by atoms with E-state index in [-0.39, 0.29) is 6.79 Å². The SMILES string of the molecule is COCOc1cc(C)c(Cl)cc1-c1ccccc1. The zero-order valence-corrected chi connectivity index (χ0v) is 11.2. The van der Waals surface area contributed by atoms with Gasteiger partial charge in [-0.2, -0.15) is 0 Å². The van der Waals surface area contributed by atoms with Gasteiger partial charge >= 0.3 is 0 Å². The van der Waals surface area contributed by atoms with Gasteiger partial charge in [0.1, 0.15) is 5.75 Å². The fourth-order valence-electron chi connectivity index (χ4n) is 1.74. The second-order valence-corrected chi connectivity index (χ2v) is 4.42. The van der Waals surface area contributed by atoms with E-state index in [9.17, 15) is 0 Å². The molecule has 0 N–H and O–H groups in total. The molecule has 2 aromatic rings. The fourth-order valence-corrected chi connectivity index (χ4v) is 1.90. The molecule has 94 valence electrons. The van der Waals surface area contributed by atoms with Crippen LogP contribution < -0.4 is 4.74 Å². The monoisotopic (exact) mass is 262 g/mol. The van der Waals surface area contributed by atoms with E-state index in [1.807, 2.05) is 49.4 Å². The second kappa shape index (κ2) is 5.89. The number of hydrogen-bond acceptors (Lipinski definition) is 2. The summed E-state index contributed by atoms with van der Waals surface area (Å²) in [6, 6.07) is 13.9. The first-order chi connectivity index (χ1) is 8.72. The molecule has 0 saturated heterocycles. The van der Waals surface area contributed by atoms with E-state index in [0.29, 0.717) is 0 Å². The highest BCUT2D eigenvalue weighted by Gasteiger charge is 2.09. The third-order valence-electron chi connectivity index (χ3n) is 2.68. The number of halogens is 1. The molecule has 0 unspecified atom stereocenters. The van der Waals surface area contributed by atoms with E-state index in [1.165, 1.54) is 0 Å². The summed E-state index contributed by atoms with van der Waals surface area (Å²) >= 11 is 6.18. The Hall–Kier alpha value is -1.51. The van der Waals surface area contributed by atoms with Crippen LogP contribution in [0.15, 0.2) is 42.5 Å². The van der Waals surface area contributed by atoms with Crippen molar-refractivity contribution in [3.05, 3.63) is 53.1 Å². The molecule has 0 atom stereocenters. The van der Waals surface area contributed by atoms with Crippen molar-refractivity contribution in [2.24, 2.45) is 0 Å². The maximum Gasteiger partial charge on any atom is 0.188 e. The number of rotatable bonds is 4. The van der Waals surface area contributed by atoms with Gasteiger partial charge in [-0.3, -0.25) is 0 Å². The molecule has 2 aromatic carbocycles. The minimum Gasteiger partial charge on any atom is -0.467 e. The molecule has 2 nitrogen and oxygen atoms in total. The number of methoxy groups -OCH3 is 1. The Morgan fingerprint density at radius 2 is 1.83 bits per heavy atom. The minimum absolute atomic E-state index is 0.223. The van der Waals surface area contributed by atoms with Crippen LogP contribution in [-0.4, -0.2) is 13.9 Å². The lowest BCUT2D eigenvalue weighted by Gasteiger charge is -2.13. The average molecular weight is 263 g/mol. The van der Waals surface area contributed by atoms with Crippen molar-refractivity contribution < 1.29 is 9.47 Å². The largest absolute Gasteiger partial charge is 0.467 e. The van der Waals surface area contributed by atoms with Gasteiger partial charge in [-0.25, -0.2) is 0 Å². The van der Waals surface area contributed by atoms with Gasteiger partial charge in [0, 0.05) is 17.7 Å². The summed E-state index contributed by atoms with van der Waals surface area (Å²) in [6.45, 7) is 2.18. The molecular weight excluding hydrogens is 248 g/mol. The molecule has 0 aliphatic heterocycles. The smallest absolute Gasteiger partial charge is 0.188 e. The molecule has 0 aliphatic rings. The van der Waals surface area contributed by atoms with Crippen LogP contribution in [0.2, 0.25) is 5.02 Å². The van der Waals surface area contributed by atoms with Gasteiger partial charge < -0.3 is 9.47 Å². The summed E-state index contributed by atoms with van der Waals surface area (Å²) in [4.78, 5) is 0. The molecular formula is C15H15ClO2. The van der Waals surface area contributed by atoms with Crippen LogP contribution in [0, 0.1) is 6.92 Å². The first kappa shape index (κ1) is 12.9. The predicted molar refractivity (Wildman–Crippen MR) is 74.1 cm³/mol. The van der Waals surface area contributed by atoms with Gasteiger partial charge in [-0.05, 0) is 30.2 Å². The van der Waals surface area contributed by atoms with Crippen LogP contribution in [0.5, 0.6) is 5.75 Å². The molecule has 3 heteroatoms. The van der Waals surface area contributed by atoms with Crippen molar-refractivity contribution in [3.8, 4) is 16.9 Å². The summed E-state index contributed by atoms with van der Waals surface area (Å²) in [5.74, 6) is 0.782. The van der Waals surface area contributed by atoms with Gasteiger partial charge in [0.05, 0.1) is 0 Å². The molecule has 2 rings (SSSR count). The molecule has 18 heavy (non-hydrogen) atoms. The summed E-state index contributed by atoms with van der Waals surface area (Å²) in [5, 5.41) is 0.735. The Bertz CT molecular complexity index is 524. The highest BCUT2D eigenvalue weighted by molar-refractivity contribution is 6.31. The Morgan fingerprint density at radius 3 is 2.50 bits per heavy atom. The van der Waals surface area contributed by atoms with Crippen molar-refractivity contribution in [1.82, 2.24) is 0 Å². The van der Waals surface area contributed by atoms with Crippen molar-refractivity contribution in [3.63, 3.8) is 0 Å². The minimum atomic E-state index is 0.223. The van der Waals surface area contributed by atoms with E-state index in [1.54, 1.807) is 7.11 Å². The standard InChI is InChI=1S/C15H15ClO2/c1-11-8-15(18-10-17-2)13(9-14(11)16)12-6-4-3-5-7-12/h3-9H,10H2,1-2H3. The van der Waals surface area contributed by atoms with Gasteiger partial charge in [0.15, 0.2) is 6.79 Å². The molecule has 0 aromatic heterocycles. The first-order valence-electron chi connectivity index (χ1n) is 5.69. The van der Waals surface area contributed by atoms with E-state index in [2.05, 4.69) is 0 Å². The van der Waals surface area contributed by atoms with Gasteiger partial charge in [-0.1, -0.05) is 41.9 Å². The van der Waals surface area contributed by atoms with E-state index < -0.39 is 0 Å². The maximum absolute atomic E-state index is 6.18. The molecule has 0 radical (unpaired) electrons. The van der Waals surface area contributed by atoms with Crippen molar-refractivity contribution in [2.75, 3.05) is 13.9 Å². The van der Waals surface area contributed by atoms with Crippen LogP contribution in [-0.2, 0) is 4.74 Å². The van der Waals surface area contributed by atoms with E-state index in [0.717, 1.165) is 27.5 Å². The van der Waals surface area contributed by atoms with Crippen LogP contribution in [0.4, 0.5) is 0 Å². The zero-order chi connectivity index (χ0) is 13.0. The Labute approximate surface area is 112 Å². The Balaban J connectivity index is 2.47. The third-order valence-corrected chi connectivity index (χ3v) is 3.09. The third kappa shape index (κ3) is 2.84. The van der Waals surface area contributed by atoms with Gasteiger partial charge in [-0.15, -0.1) is 0 Å². The molecule has 0 saturated carbocycles. The van der Waals surface area contributed by atoms with Crippen LogP contribution >= 0.6 is 11.6 Å². The van der Waals surface area contributed by atoms with Crippen LogP contribution in [0.1, 0.15) is 5.56 Å². The number of aryl methyl sites for hydroxylation is 1. The van der Waals surface area contributed by atoms with E-state index >= 15 is 0 Å². The zero-order valence-electron chi connectivity index (χ0n) is 10.4. The lowest BCUT2D eigenvalue weighted by atomic mass is 10.0. The van der Waals surface area contributed by atoms with Gasteiger partial charge in [0.25, 0.3) is 0 Å². The quantitative estimate of drug-likeness (QED) is 0.765. The number of benzene rings is 2. The topological polar surface area (TPSA) is 18.5 Å². The summed E-state index contributed by atoms with van der Waals surface area (Å²) in [6.07, 6.45) is 0.